The van der Waals surface area contributed by atoms with E-state index >= 15 is 0 Å². The summed E-state index contributed by atoms with van der Waals surface area (Å²) in [5, 5.41) is 0. The van der Waals surface area contributed by atoms with Gasteiger partial charge >= 0.3 is 6.18 Å². The molecule has 0 N–H and O–H groups in total. The molecule has 0 spiro atoms. The Morgan fingerprint density at radius 2 is 1.61 bits per heavy atom. The number of amides is 1. The van der Waals surface area contributed by atoms with Crippen molar-refractivity contribution in [1.29, 1.82) is 0 Å². The summed E-state index contributed by atoms with van der Waals surface area (Å²) in [4.78, 5) is 16.0. The number of carbonyl (C=O) groups is 1. The molecule has 0 saturated carbocycles. The number of piperazine rings is 1. The van der Waals surface area contributed by atoms with Gasteiger partial charge < -0.3 is 4.90 Å². The lowest BCUT2D eigenvalue weighted by atomic mass is 10.2. The molecule has 1 aliphatic rings. The summed E-state index contributed by atoms with van der Waals surface area (Å²) in [5.74, 6) is -0.131. The molecule has 5 nitrogen and oxygen atoms in total. The summed E-state index contributed by atoms with van der Waals surface area (Å²) < 4.78 is 64.6. The first-order valence-electron chi connectivity index (χ1n) is 8.54. The fourth-order valence-electron chi connectivity index (χ4n) is 3.11. The van der Waals surface area contributed by atoms with Gasteiger partial charge in [-0.1, -0.05) is 0 Å². The molecule has 1 aromatic heterocycles. The molecule has 1 saturated heterocycles. The Labute approximate surface area is 165 Å². The standard InChI is InChI=1S/C18H19F3N2O3S2/c1-12-11-16(13(2)27-12)17(24)22-7-9-23(10-8-22)28(25,26)15-5-3-14(4-6-15)18(19,20)21/h3-6,11H,7-10H2,1-2H3. The molecule has 2 heterocycles. The van der Waals surface area contributed by atoms with E-state index in [2.05, 4.69) is 0 Å². The predicted octanol–water partition coefficient (Wildman–Crippen LogP) is 3.53. The average molecular weight is 432 g/mol. The summed E-state index contributed by atoms with van der Waals surface area (Å²) in [7, 11) is -3.91. The van der Waals surface area contributed by atoms with E-state index < -0.39 is 21.8 Å². The Balaban J connectivity index is 1.70. The van der Waals surface area contributed by atoms with E-state index in [9.17, 15) is 26.4 Å². The van der Waals surface area contributed by atoms with E-state index in [4.69, 9.17) is 0 Å². The molecule has 1 fully saturated rings. The van der Waals surface area contributed by atoms with Gasteiger partial charge in [0.1, 0.15) is 0 Å². The fraction of sp³-hybridized carbons (Fsp3) is 0.389. The number of carbonyl (C=O) groups excluding carboxylic acids is 1. The van der Waals surface area contributed by atoms with Gasteiger partial charge in [-0.2, -0.15) is 17.5 Å². The fourth-order valence-corrected chi connectivity index (χ4v) is 5.45. The summed E-state index contributed by atoms with van der Waals surface area (Å²) in [6, 6.07) is 5.27. The lowest BCUT2D eigenvalue weighted by Gasteiger charge is -2.34. The van der Waals surface area contributed by atoms with Gasteiger partial charge in [0, 0.05) is 35.9 Å². The monoisotopic (exact) mass is 432 g/mol. The number of sulfonamides is 1. The number of hydrogen-bond donors (Lipinski definition) is 0. The molecule has 0 bridgehead atoms. The maximum absolute atomic E-state index is 12.7. The van der Waals surface area contributed by atoms with Crippen LogP contribution in [0.4, 0.5) is 13.2 Å². The molecule has 0 aliphatic carbocycles. The van der Waals surface area contributed by atoms with Crippen molar-refractivity contribution in [1.82, 2.24) is 9.21 Å². The zero-order chi connectivity index (χ0) is 20.7. The first kappa shape index (κ1) is 20.8. The van der Waals surface area contributed by atoms with Crippen LogP contribution < -0.4 is 0 Å². The molecular formula is C18H19F3N2O3S2. The third-order valence-electron chi connectivity index (χ3n) is 4.62. The van der Waals surface area contributed by atoms with Gasteiger partial charge in [-0.3, -0.25) is 4.79 Å². The van der Waals surface area contributed by atoms with E-state index in [1.165, 1.54) is 15.6 Å². The van der Waals surface area contributed by atoms with E-state index in [-0.39, 0.29) is 37.0 Å². The van der Waals surface area contributed by atoms with Crippen LogP contribution >= 0.6 is 11.3 Å². The summed E-state index contributed by atoms with van der Waals surface area (Å²) >= 11 is 1.53. The number of thiophene rings is 1. The maximum Gasteiger partial charge on any atom is 0.416 e. The quantitative estimate of drug-likeness (QED) is 0.746. The Bertz CT molecular complexity index is 974. The van der Waals surface area contributed by atoms with Gasteiger partial charge in [-0.05, 0) is 44.2 Å². The average Bonchev–Trinajstić information content (AvgIpc) is 2.99. The van der Waals surface area contributed by atoms with Gasteiger partial charge in [0.25, 0.3) is 5.91 Å². The largest absolute Gasteiger partial charge is 0.416 e. The van der Waals surface area contributed by atoms with Gasteiger partial charge in [0.05, 0.1) is 16.0 Å². The van der Waals surface area contributed by atoms with Crippen LogP contribution in [0.3, 0.4) is 0 Å². The Kier molecular flexibility index (Phi) is 5.57. The van der Waals surface area contributed by atoms with Crippen molar-refractivity contribution in [3.63, 3.8) is 0 Å². The molecule has 0 unspecified atom stereocenters. The van der Waals surface area contributed by atoms with Gasteiger partial charge in [-0.25, -0.2) is 8.42 Å². The second-order valence-electron chi connectivity index (χ2n) is 6.55. The maximum atomic E-state index is 12.7. The molecule has 152 valence electrons. The van der Waals surface area contributed by atoms with Crippen LogP contribution in [-0.2, 0) is 16.2 Å². The van der Waals surface area contributed by atoms with E-state index in [0.717, 1.165) is 34.0 Å². The number of hydrogen-bond acceptors (Lipinski definition) is 4. The van der Waals surface area contributed by atoms with Crippen LogP contribution in [0, 0.1) is 13.8 Å². The number of alkyl halides is 3. The lowest BCUT2D eigenvalue weighted by molar-refractivity contribution is -0.137. The Hall–Kier alpha value is -1.91. The molecule has 1 amide bonds. The van der Waals surface area contributed by atoms with Crippen molar-refractivity contribution in [3.05, 3.63) is 51.2 Å². The van der Waals surface area contributed by atoms with Crippen molar-refractivity contribution in [2.45, 2.75) is 24.9 Å². The van der Waals surface area contributed by atoms with E-state index in [1.807, 2.05) is 19.9 Å². The summed E-state index contributed by atoms with van der Waals surface area (Å²) in [6.45, 7) is 4.44. The van der Waals surface area contributed by atoms with Gasteiger partial charge in [0.2, 0.25) is 10.0 Å². The molecule has 0 atom stereocenters. The zero-order valence-corrected chi connectivity index (χ0v) is 16.9. The second kappa shape index (κ2) is 7.49. The zero-order valence-electron chi connectivity index (χ0n) is 15.3. The highest BCUT2D eigenvalue weighted by molar-refractivity contribution is 7.89. The van der Waals surface area contributed by atoms with Crippen LogP contribution in [0.15, 0.2) is 35.2 Å². The van der Waals surface area contributed by atoms with Crippen LogP contribution in [0.1, 0.15) is 25.7 Å². The number of rotatable bonds is 3. The lowest BCUT2D eigenvalue weighted by Crippen LogP contribution is -2.50. The molecule has 1 aliphatic heterocycles. The van der Waals surface area contributed by atoms with Crippen molar-refractivity contribution >= 4 is 27.3 Å². The van der Waals surface area contributed by atoms with Gasteiger partial charge in [0.15, 0.2) is 0 Å². The highest BCUT2D eigenvalue weighted by Gasteiger charge is 2.33. The third-order valence-corrected chi connectivity index (χ3v) is 7.50. The number of nitrogens with zero attached hydrogens (tertiary/aromatic N) is 2. The highest BCUT2D eigenvalue weighted by atomic mass is 32.2. The summed E-state index contributed by atoms with van der Waals surface area (Å²) in [6.07, 6.45) is -4.52. The topological polar surface area (TPSA) is 57.7 Å². The molecular weight excluding hydrogens is 413 g/mol. The molecule has 10 heteroatoms. The molecule has 3 rings (SSSR count). The van der Waals surface area contributed by atoms with Crippen molar-refractivity contribution in [2.75, 3.05) is 26.2 Å². The molecule has 28 heavy (non-hydrogen) atoms. The van der Waals surface area contributed by atoms with E-state index in [0.29, 0.717) is 5.56 Å². The summed E-state index contributed by atoms with van der Waals surface area (Å²) in [5.41, 5.74) is -0.273. The number of halogens is 3. The Morgan fingerprint density at radius 1 is 1.04 bits per heavy atom. The number of benzene rings is 1. The van der Waals surface area contributed by atoms with Crippen molar-refractivity contribution in [3.8, 4) is 0 Å². The SMILES string of the molecule is Cc1cc(C(=O)N2CCN(S(=O)(=O)c3ccc(C(F)(F)F)cc3)CC2)c(C)s1. The second-order valence-corrected chi connectivity index (χ2v) is 9.94. The van der Waals surface area contributed by atoms with Crippen LogP contribution in [-0.4, -0.2) is 49.7 Å². The number of aryl methyl sites for hydroxylation is 2. The minimum absolute atomic E-state index is 0.0945. The highest BCUT2D eigenvalue weighted by Crippen LogP contribution is 2.30. The predicted molar refractivity (Wildman–Crippen MR) is 99.9 cm³/mol. The first-order chi connectivity index (χ1) is 13.0. The van der Waals surface area contributed by atoms with Crippen molar-refractivity contribution < 1.29 is 26.4 Å². The smallest absolute Gasteiger partial charge is 0.336 e. The third kappa shape index (κ3) is 4.08. The van der Waals surface area contributed by atoms with Crippen molar-refractivity contribution in [2.24, 2.45) is 0 Å². The van der Waals surface area contributed by atoms with Gasteiger partial charge in [-0.15, -0.1) is 11.3 Å². The van der Waals surface area contributed by atoms with Crippen LogP contribution in [0.5, 0.6) is 0 Å². The Morgan fingerprint density at radius 3 is 2.07 bits per heavy atom. The molecule has 2 aromatic rings. The normalized spacial score (nSPS) is 16.4. The molecule has 0 radical (unpaired) electrons. The van der Waals surface area contributed by atoms with Crippen LogP contribution in [0.25, 0.3) is 0 Å². The van der Waals surface area contributed by atoms with E-state index in [1.54, 1.807) is 4.90 Å². The first-order valence-corrected chi connectivity index (χ1v) is 10.8. The minimum atomic E-state index is -4.52. The minimum Gasteiger partial charge on any atom is -0.336 e. The molecule has 1 aromatic carbocycles. The van der Waals surface area contributed by atoms with Crippen LogP contribution in [0.2, 0.25) is 0 Å².